The predicted octanol–water partition coefficient (Wildman–Crippen LogP) is 4.37. The fourth-order valence-electron chi connectivity index (χ4n) is 2.43. The van der Waals surface area contributed by atoms with Gasteiger partial charge < -0.3 is 10.1 Å². The number of halogens is 2. The van der Waals surface area contributed by atoms with Crippen LogP contribution < -0.4 is 15.5 Å². The van der Waals surface area contributed by atoms with Gasteiger partial charge in [0.2, 0.25) is 0 Å². The first-order valence-electron chi connectivity index (χ1n) is 8.88. The van der Waals surface area contributed by atoms with Gasteiger partial charge in [0, 0.05) is 5.56 Å². The molecule has 2 amide bonds. The largest absolute Gasteiger partial charge is 0.483 e. The zero-order valence-electron chi connectivity index (χ0n) is 15.6. The Labute approximate surface area is 180 Å². The molecular weight excluding hydrogens is 453 g/mol. The highest BCUT2D eigenvalue weighted by Gasteiger charge is 2.09. The number of anilines is 1. The number of carbonyl (C=O) groups is 2. The summed E-state index contributed by atoms with van der Waals surface area (Å²) < 4.78 is 19.6. The van der Waals surface area contributed by atoms with Crippen molar-refractivity contribution in [3.05, 3.63) is 94.2 Å². The minimum atomic E-state index is -0.518. The zero-order valence-corrected chi connectivity index (χ0v) is 17.2. The van der Waals surface area contributed by atoms with Gasteiger partial charge in [-0.05, 0) is 64.0 Å². The normalized spacial score (nSPS) is 10.6. The van der Waals surface area contributed by atoms with Crippen LogP contribution in [0.3, 0.4) is 0 Å². The maximum atomic E-state index is 13.6. The van der Waals surface area contributed by atoms with E-state index in [-0.39, 0.29) is 18.2 Å². The summed E-state index contributed by atoms with van der Waals surface area (Å²) in [6.07, 6.45) is 1.49. The predicted molar refractivity (Wildman–Crippen MR) is 116 cm³/mol. The van der Waals surface area contributed by atoms with E-state index in [1.807, 2.05) is 6.07 Å². The van der Waals surface area contributed by atoms with Crippen molar-refractivity contribution in [1.82, 2.24) is 5.43 Å². The summed E-state index contributed by atoms with van der Waals surface area (Å²) in [7, 11) is 0. The topological polar surface area (TPSA) is 79.8 Å². The molecule has 3 aromatic carbocycles. The quantitative estimate of drug-likeness (QED) is 0.398. The van der Waals surface area contributed by atoms with Gasteiger partial charge in [-0.25, -0.2) is 9.82 Å². The molecule has 0 atom stereocenters. The number of rotatable bonds is 7. The van der Waals surface area contributed by atoms with Gasteiger partial charge in [-0.1, -0.05) is 30.3 Å². The molecule has 0 aliphatic rings. The summed E-state index contributed by atoms with van der Waals surface area (Å²) in [5.41, 5.74) is 3.76. The van der Waals surface area contributed by atoms with Crippen LogP contribution in [0.15, 0.2) is 82.4 Å². The molecule has 0 unspecified atom stereocenters. The number of hydrazone groups is 1. The minimum Gasteiger partial charge on any atom is -0.483 e. The second kappa shape index (κ2) is 10.3. The van der Waals surface area contributed by atoms with Gasteiger partial charge in [-0.3, -0.25) is 9.59 Å². The molecule has 0 spiro atoms. The lowest BCUT2D eigenvalue weighted by atomic mass is 10.2. The van der Waals surface area contributed by atoms with Gasteiger partial charge in [0.1, 0.15) is 11.6 Å². The number of amides is 2. The maximum absolute atomic E-state index is 13.6. The second-order valence-corrected chi connectivity index (χ2v) is 6.93. The lowest BCUT2D eigenvalue weighted by Gasteiger charge is -2.10. The van der Waals surface area contributed by atoms with Crippen LogP contribution in [0.5, 0.6) is 5.75 Å². The van der Waals surface area contributed by atoms with Crippen LogP contribution in [0.4, 0.5) is 10.1 Å². The number of hydrogen-bond donors (Lipinski definition) is 2. The molecule has 30 heavy (non-hydrogen) atoms. The molecule has 0 aliphatic heterocycles. The first-order valence-corrected chi connectivity index (χ1v) is 9.67. The fraction of sp³-hybridized carbons (Fsp3) is 0.0455. The van der Waals surface area contributed by atoms with E-state index in [9.17, 15) is 14.0 Å². The molecule has 0 bridgehead atoms. The van der Waals surface area contributed by atoms with Crippen molar-refractivity contribution < 1.29 is 18.7 Å². The van der Waals surface area contributed by atoms with Crippen LogP contribution in [0.1, 0.15) is 15.9 Å². The van der Waals surface area contributed by atoms with Crippen molar-refractivity contribution in [2.75, 3.05) is 11.9 Å². The van der Waals surface area contributed by atoms with Crippen molar-refractivity contribution in [1.29, 1.82) is 0 Å². The third-order valence-corrected chi connectivity index (χ3v) is 4.50. The first kappa shape index (κ1) is 21.2. The van der Waals surface area contributed by atoms with Gasteiger partial charge in [0.15, 0.2) is 6.61 Å². The van der Waals surface area contributed by atoms with Crippen LogP contribution >= 0.6 is 15.9 Å². The van der Waals surface area contributed by atoms with Crippen molar-refractivity contribution in [2.45, 2.75) is 0 Å². The van der Waals surface area contributed by atoms with Crippen molar-refractivity contribution in [3.8, 4) is 5.75 Å². The van der Waals surface area contributed by atoms with Crippen LogP contribution in [0, 0.1) is 5.82 Å². The second-order valence-electron chi connectivity index (χ2n) is 6.07. The summed E-state index contributed by atoms with van der Waals surface area (Å²) in [4.78, 5) is 23.9. The van der Waals surface area contributed by atoms with Crippen molar-refractivity contribution in [3.63, 3.8) is 0 Å². The zero-order chi connectivity index (χ0) is 21.3. The Morgan fingerprint density at radius 3 is 2.50 bits per heavy atom. The maximum Gasteiger partial charge on any atom is 0.271 e. The third kappa shape index (κ3) is 5.99. The summed E-state index contributed by atoms with van der Waals surface area (Å²) >= 11 is 3.37. The Balaban J connectivity index is 1.53. The average molecular weight is 470 g/mol. The molecule has 0 aliphatic carbocycles. The molecule has 0 fully saturated rings. The van der Waals surface area contributed by atoms with Gasteiger partial charge in [0.25, 0.3) is 11.8 Å². The number of ether oxygens (including phenoxy) is 1. The monoisotopic (exact) mass is 469 g/mol. The number of hydrogen-bond acceptors (Lipinski definition) is 4. The highest BCUT2D eigenvalue weighted by Crippen LogP contribution is 2.25. The number of benzene rings is 3. The van der Waals surface area contributed by atoms with Crippen molar-refractivity contribution >= 4 is 39.6 Å². The molecule has 6 nitrogen and oxygen atoms in total. The molecule has 3 rings (SSSR count). The van der Waals surface area contributed by atoms with E-state index < -0.39 is 11.7 Å². The van der Waals surface area contributed by atoms with E-state index >= 15 is 0 Å². The molecule has 3 aromatic rings. The molecule has 8 heteroatoms. The molecule has 0 heterocycles. The Hall–Kier alpha value is -3.52. The molecule has 0 saturated heterocycles. The summed E-state index contributed by atoms with van der Waals surface area (Å²) in [5.74, 6) is -0.882. The smallest absolute Gasteiger partial charge is 0.271 e. The molecule has 2 N–H and O–H groups in total. The van der Waals surface area contributed by atoms with Gasteiger partial charge in [0.05, 0.1) is 16.4 Å². The van der Waals surface area contributed by atoms with E-state index in [1.54, 1.807) is 48.5 Å². The molecule has 0 aromatic heterocycles. The Morgan fingerprint density at radius 1 is 1.03 bits per heavy atom. The standard InChI is InChI=1S/C22H17BrFN3O3/c23-17-12-15(13-25-27-22(29)16-6-2-1-3-7-16)10-11-20(17)30-14-21(28)26-19-9-5-4-8-18(19)24/h1-13H,14H2,(H,26,28)(H,27,29)/b25-13+. The highest BCUT2D eigenvalue weighted by atomic mass is 79.9. The van der Waals surface area contributed by atoms with E-state index in [1.165, 1.54) is 24.4 Å². The third-order valence-electron chi connectivity index (χ3n) is 3.88. The Kier molecular flexibility index (Phi) is 7.29. The highest BCUT2D eigenvalue weighted by molar-refractivity contribution is 9.10. The summed E-state index contributed by atoms with van der Waals surface area (Å²) in [6, 6.07) is 19.7. The molecular formula is C22H17BrFN3O3. The van der Waals surface area contributed by atoms with Gasteiger partial charge >= 0.3 is 0 Å². The molecule has 0 radical (unpaired) electrons. The van der Waals surface area contributed by atoms with E-state index in [0.717, 1.165) is 0 Å². The fourth-order valence-corrected chi connectivity index (χ4v) is 2.94. The summed E-state index contributed by atoms with van der Waals surface area (Å²) in [5, 5.41) is 6.38. The van der Waals surface area contributed by atoms with E-state index in [4.69, 9.17) is 4.74 Å². The average Bonchev–Trinajstić information content (AvgIpc) is 2.75. The van der Waals surface area contributed by atoms with Crippen LogP contribution in [0.2, 0.25) is 0 Å². The molecule has 0 saturated carbocycles. The van der Waals surface area contributed by atoms with Gasteiger partial charge in [-0.15, -0.1) is 0 Å². The lowest BCUT2D eigenvalue weighted by molar-refractivity contribution is -0.118. The summed E-state index contributed by atoms with van der Waals surface area (Å²) in [6.45, 7) is -0.284. The Bertz CT molecular complexity index is 1070. The number of nitrogens with one attached hydrogen (secondary N) is 2. The SMILES string of the molecule is O=C(COc1ccc(/C=N/NC(=O)c2ccccc2)cc1Br)Nc1ccccc1F. The number of carbonyl (C=O) groups excluding carboxylic acids is 2. The van der Waals surface area contributed by atoms with E-state index in [0.29, 0.717) is 21.3 Å². The van der Waals surface area contributed by atoms with Crippen LogP contribution in [0.25, 0.3) is 0 Å². The van der Waals surface area contributed by atoms with Crippen LogP contribution in [-0.2, 0) is 4.79 Å². The van der Waals surface area contributed by atoms with E-state index in [2.05, 4.69) is 31.8 Å². The first-order chi connectivity index (χ1) is 14.5. The number of para-hydroxylation sites is 1. The lowest BCUT2D eigenvalue weighted by Crippen LogP contribution is -2.20. The van der Waals surface area contributed by atoms with Crippen LogP contribution in [-0.4, -0.2) is 24.6 Å². The van der Waals surface area contributed by atoms with Crippen molar-refractivity contribution in [2.24, 2.45) is 5.10 Å². The molecule has 152 valence electrons. The Morgan fingerprint density at radius 2 is 1.77 bits per heavy atom. The number of nitrogens with zero attached hydrogens (tertiary/aromatic N) is 1. The minimum absolute atomic E-state index is 0.0919. The van der Waals surface area contributed by atoms with Gasteiger partial charge in [-0.2, -0.15) is 5.10 Å².